The van der Waals surface area contributed by atoms with Gasteiger partial charge in [-0.2, -0.15) is 0 Å². The lowest BCUT2D eigenvalue weighted by Gasteiger charge is -2.30. The Hall–Kier alpha value is -1.55. The van der Waals surface area contributed by atoms with Crippen LogP contribution in [0.2, 0.25) is 0 Å². The van der Waals surface area contributed by atoms with E-state index in [1.165, 1.54) is 37.7 Å². The van der Waals surface area contributed by atoms with Crippen LogP contribution < -0.4 is 15.8 Å². The molecule has 1 fully saturated rings. The number of amides is 1. The van der Waals surface area contributed by atoms with E-state index in [4.69, 9.17) is 10.5 Å². The first kappa shape index (κ1) is 13.4. The van der Waals surface area contributed by atoms with E-state index in [-0.39, 0.29) is 12.5 Å². The van der Waals surface area contributed by atoms with Crippen LogP contribution in [0.1, 0.15) is 43.6 Å². The molecular formula is C16H22N2O2. The highest BCUT2D eigenvalue weighted by Crippen LogP contribution is 2.38. The van der Waals surface area contributed by atoms with Crippen LogP contribution in [0.15, 0.2) is 18.2 Å². The molecule has 1 aromatic carbocycles. The summed E-state index contributed by atoms with van der Waals surface area (Å²) in [5.74, 6) is 1.73. The molecule has 1 aliphatic heterocycles. The van der Waals surface area contributed by atoms with Gasteiger partial charge in [0.05, 0.1) is 5.69 Å². The third kappa shape index (κ3) is 2.66. The van der Waals surface area contributed by atoms with Crippen LogP contribution in [0.3, 0.4) is 0 Å². The van der Waals surface area contributed by atoms with Gasteiger partial charge >= 0.3 is 0 Å². The summed E-state index contributed by atoms with van der Waals surface area (Å²) < 4.78 is 5.41. The van der Waals surface area contributed by atoms with Gasteiger partial charge < -0.3 is 15.8 Å². The number of hydrogen-bond acceptors (Lipinski definition) is 3. The molecule has 4 heteroatoms. The molecule has 0 spiro atoms. The van der Waals surface area contributed by atoms with Crippen molar-refractivity contribution in [2.75, 3.05) is 18.5 Å². The lowest BCUT2D eigenvalue weighted by molar-refractivity contribution is -0.118. The minimum Gasteiger partial charge on any atom is -0.482 e. The van der Waals surface area contributed by atoms with E-state index < -0.39 is 0 Å². The maximum absolute atomic E-state index is 11.4. The van der Waals surface area contributed by atoms with Crippen molar-refractivity contribution < 1.29 is 9.53 Å². The lowest BCUT2D eigenvalue weighted by atomic mass is 9.77. The second kappa shape index (κ2) is 5.83. The maximum Gasteiger partial charge on any atom is 0.262 e. The number of carbonyl (C=O) groups excluding carboxylic acids is 1. The van der Waals surface area contributed by atoms with Crippen LogP contribution in [0.25, 0.3) is 0 Å². The minimum absolute atomic E-state index is 0.0865. The summed E-state index contributed by atoms with van der Waals surface area (Å²) in [6, 6.07) is 6.09. The fourth-order valence-electron chi connectivity index (χ4n) is 3.47. The van der Waals surface area contributed by atoms with Gasteiger partial charge in [0.1, 0.15) is 5.75 Å². The molecule has 3 rings (SSSR count). The first-order chi connectivity index (χ1) is 9.78. The Labute approximate surface area is 119 Å². The highest BCUT2D eigenvalue weighted by Gasteiger charge is 2.25. The Kier molecular flexibility index (Phi) is 3.92. The summed E-state index contributed by atoms with van der Waals surface area (Å²) in [5.41, 5.74) is 8.03. The second-order valence-electron chi connectivity index (χ2n) is 5.83. The molecule has 3 N–H and O–H groups in total. The van der Waals surface area contributed by atoms with Crippen LogP contribution >= 0.6 is 0 Å². The van der Waals surface area contributed by atoms with Crippen LogP contribution in [-0.4, -0.2) is 19.1 Å². The smallest absolute Gasteiger partial charge is 0.262 e. The fraction of sp³-hybridized carbons (Fsp3) is 0.562. The quantitative estimate of drug-likeness (QED) is 0.890. The molecule has 0 saturated heterocycles. The van der Waals surface area contributed by atoms with E-state index in [1.54, 1.807) is 0 Å². The number of carbonyl (C=O) groups is 1. The van der Waals surface area contributed by atoms with Gasteiger partial charge in [0, 0.05) is 0 Å². The third-order valence-corrected chi connectivity index (χ3v) is 4.54. The highest BCUT2D eigenvalue weighted by molar-refractivity contribution is 5.95. The molecule has 1 atom stereocenters. The maximum atomic E-state index is 11.4. The zero-order valence-electron chi connectivity index (χ0n) is 11.7. The van der Waals surface area contributed by atoms with Gasteiger partial charge in [-0.3, -0.25) is 4.79 Å². The highest BCUT2D eigenvalue weighted by atomic mass is 16.5. The summed E-state index contributed by atoms with van der Waals surface area (Å²) in [6.07, 6.45) is 6.50. The molecule has 4 nitrogen and oxygen atoms in total. The van der Waals surface area contributed by atoms with E-state index in [1.807, 2.05) is 12.1 Å². The van der Waals surface area contributed by atoms with Gasteiger partial charge in [-0.25, -0.2) is 0 Å². The number of nitrogens with one attached hydrogen (secondary N) is 1. The SMILES string of the molecule is NCC(c1ccc2c(c1)NC(=O)CO2)C1CCCCC1. The molecule has 1 amide bonds. The van der Waals surface area contributed by atoms with Crippen LogP contribution in [-0.2, 0) is 4.79 Å². The normalized spacial score (nSPS) is 20.8. The number of rotatable bonds is 3. The van der Waals surface area contributed by atoms with Gasteiger partial charge in [0.15, 0.2) is 6.61 Å². The topological polar surface area (TPSA) is 64.3 Å². The molecular weight excluding hydrogens is 252 g/mol. The summed E-state index contributed by atoms with van der Waals surface area (Å²) >= 11 is 0. The summed E-state index contributed by atoms with van der Waals surface area (Å²) in [4.78, 5) is 11.4. The molecule has 0 radical (unpaired) electrons. The number of ether oxygens (including phenoxy) is 1. The zero-order chi connectivity index (χ0) is 13.9. The molecule has 1 heterocycles. The molecule has 2 aliphatic rings. The first-order valence-corrected chi connectivity index (χ1v) is 7.54. The molecule has 0 aromatic heterocycles. The number of anilines is 1. The number of nitrogens with two attached hydrogens (primary N) is 1. The summed E-state index contributed by atoms with van der Waals surface area (Å²) in [7, 11) is 0. The van der Waals surface area contributed by atoms with Gasteiger partial charge in [-0.15, -0.1) is 0 Å². The zero-order valence-corrected chi connectivity index (χ0v) is 11.7. The molecule has 0 bridgehead atoms. The molecule has 108 valence electrons. The van der Waals surface area contributed by atoms with Crippen LogP contribution in [0, 0.1) is 5.92 Å². The van der Waals surface area contributed by atoms with E-state index in [9.17, 15) is 4.79 Å². The Morgan fingerprint density at radius 2 is 2.10 bits per heavy atom. The lowest BCUT2D eigenvalue weighted by Crippen LogP contribution is -2.27. The fourth-order valence-corrected chi connectivity index (χ4v) is 3.47. The predicted molar refractivity (Wildman–Crippen MR) is 78.9 cm³/mol. The number of hydrogen-bond donors (Lipinski definition) is 2. The standard InChI is InChI=1S/C16H22N2O2/c17-9-13(11-4-2-1-3-5-11)12-6-7-15-14(8-12)18-16(19)10-20-15/h6-8,11,13H,1-5,9-10,17H2,(H,18,19). The predicted octanol–water partition coefficient (Wildman–Crippen LogP) is 2.64. The Bertz CT molecular complexity index is 495. The molecule has 1 unspecified atom stereocenters. The summed E-state index contributed by atoms with van der Waals surface area (Å²) in [6.45, 7) is 0.771. The van der Waals surface area contributed by atoms with Gasteiger partial charge in [0.2, 0.25) is 0 Å². The number of benzene rings is 1. The van der Waals surface area contributed by atoms with Gasteiger partial charge in [-0.1, -0.05) is 25.3 Å². The van der Waals surface area contributed by atoms with E-state index >= 15 is 0 Å². The monoisotopic (exact) mass is 274 g/mol. The van der Waals surface area contributed by atoms with E-state index in [2.05, 4.69) is 11.4 Å². The number of fused-ring (bicyclic) bond motifs is 1. The minimum atomic E-state index is -0.0865. The van der Waals surface area contributed by atoms with Gasteiger partial charge in [-0.05, 0) is 48.9 Å². The van der Waals surface area contributed by atoms with Crippen LogP contribution in [0.5, 0.6) is 5.75 Å². The second-order valence-corrected chi connectivity index (χ2v) is 5.83. The van der Waals surface area contributed by atoms with E-state index in [0.29, 0.717) is 18.4 Å². The van der Waals surface area contributed by atoms with Crippen molar-refractivity contribution in [2.24, 2.45) is 11.7 Å². The Morgan fingerprint density at radius 1 is 1.30 bits per heavy atom. The van der Waals surface area contributed by atoms with Crippen molar-refractivity contribution in [3.05, 3.63) is 23.8 Å². The van der Waals surface area contributed by atoms with Crippen molar-refractivity contribution in [3.63, 3.8) is 0 Å². The van der Waals surface area contributed by atoms with Crippen LogP contribution in [0.4, 0.5) is 5.69 Å². The van der Waals surface area contributed by atoms with E-state index in [0.717, 1.165) is 11.4 Å². The third-order valence-electron chi connectivity index (χ3n) is 4.54. The van der Waals surface area contributed by atoms with Crippen molar-refractivity contribution in [1.82, 2.24) is 0 Å². The van der Waals surface area contributed by atoms with Gasteiger partial charge in [0.25, 0.3) is 5.91 Å². The van der Waals surface area contributed by atoms with Crippen molar-refractivity contribution in [1.29, 1.82) is 0 Å². The first-order valence-electron chi connectivity index (χ1n) is 7.54. The molecule has 1 aromatic rings. The Balaban J connectivity index is 1.84. The summed E-state index contributed by atoms with van der Waals surface area (Å²) in [5, 5.41) is 2.88. The Morgan fingerprint density at radius 3 is 2.85 bits per heavy atom. The van der Waals surface area contributed by atoms with Crippen molar-refractivity contribution >= 4 is 11.6 Å². The van der Waals surface area contributed by atoms with Crippen molar-refractivity contribution in [2.45, 2.75) is 38.0 Å². The average Bonchev–Trinajstić information content (AvgIpc) is 2.49. The largest absolute Gasteiger partial charge is 0.482 e. The van der Waals surface area contributed by atoms with Crippen molar-refractivity contribution in [3.8, 4) is 5.75 Å². The molecule has 1 saturated carbocycles. The molecule has 1 aliphatic carbocycles. The molecule has 20 heavy (non-hydrogen) atoms. The average molecular weight is 274 g/mol.